The van der Waals surface area contributed by atoms with Crippen LogP contribution in [0.3, 0.4) is 0 Å². The molecular weight excluding hydrogens is 391 g/mol. The summed E-state index contributed by atoms with van der Waals surface area (Å²) in [4.78, 5) is 0. The van der Waals surface area contributed by atoms with E-state index in [0.717, 1.165) is 0 Å². The SMILES string of the molecule is CCCCCCCCCCCCCCCCCC[P](CCCC)(CCCC)CCCC. The molecule has 0 N–H and O–H groups in total. The third-order valence-corrected chi connectivity index (χ3v) is 12.5. The molecule has 0 aromatic heterocycles. The third kappa shape index (κ3) is 20.7. The van der Waals surface area contributed by atoms with Crippen molar-refractivity contribution in [3.63, 3.8) is 0 Å². The molecule has 0 fully saturated rings. The van der Waals surface area contributed by atoms with E-state index < -0.39 is 7.26 Å². The highest BCUT2D eigenvalue weighted by molar-refractivity contribution is 7.75. The predicted octanol–water partition coefficient (Wildman–Crippen LogP) is 11.7. The van der Waals surface area contributed by atoms with E-state index in [0.29, 0.717) is 0 Å². The Balaban J connectivity index is 3.71. The summed E-state index contributed by atoms with van der Waals surface area (Å²) in [5.41, 5.74) is 0. The van der Waals surface area contributed by atoms with Gasteiger partial charge in [-0.2, -0.15) is 0 Å². The van der Waals surface area contributed by atoms with Crippen molar-refractivity contribution in [3.8, 4) is 0 Å². The summed E-state index contributed by atoms with van der Waals surface area (Å²) in [5, 5.41) is 0. The maximum absolute atomic E-state index is 2.39. The van der Waals surface area contributed by atoms with Crippen LogP contribution in [0, 0.1) is 0 Å². The van der Waals surface area contributed by atoms with E-state index in [2.05, 4.69) is 27.7 Å². The van der Waals surface area contributed by atoms with Crippen molar-refractivity contribution in [2.75, 3.05) is 24.6 Å². The van der Waals surface area contributed by atoms with E-state index >= 15 is 0 Å². The minimum atomic E-state index is -0.634. The molecule has 0 bridgehead atoms. The molecule has 0 aromatic rings. The molecule has 0 rings (SSSR count). The van der Waals surface area contributed by atoms with Gasteiger partial charge in [0.2, 0.25) is 0 Å². The fourth-order valence-electron chi connectivity index (χ4n) is 5.15. The summed E-state index contributed by atoms with van der Waals surface area (Å²) < 4.78 is 0. The Kier molecular flexibility index (Phi) is 25.4. The number of hydrogen-bond acceptors (Lipinski definition) is 0. The molecule has 0 saturated heterocycles. The Hall–Kier alpha value is 0.430. The zero-order valence-electron chi connectivity index (χ0n) is 22.8. The Morgan fingerprint density at radius 2 is 0.484 bits per heavy atom. The number of rotatable bonds is 26. The molecular formula is C30H64P. The van der Waals surface area contributed by atoms with E-state index in [1.54, 1.807) is 31.1 Å². The van der Waals surface area contributed by atoms with Crippen molar-refractivity contribution < 1.29 is 0 Å². The maximum Gasteiger partial charge on any atom is -0.0359 e. The lowest BCUT2D eigenvalue weighted by Gasteiger charge is -2.37. The van der Waals surface area contributed by atoms with Gasteiger partial charge in [0.25, 0.3) is 0 Å². The molecule has 0 saturated carbocycles. The van der Waals surface area contributed by atoms with Gasteiger partial charge in [0.15, 0.2) is 0 Å². The molecule has 0 atom stereocenters. The van der Waals surface area contributed by atoms with Crippen LogP contribution in [0.15, 0.2) is 0 Å². The second-order valence-corrected chi connectivity index (χ2v) is 15.1. The summed E-state index contributed by atoms with van der Waals surface area (Å²) in [6.07, 6.45) is 39.0. The summed E-state index contributed by atoms with van der Waals surface area (Å²) in [7, 11) is -0.634. The first-order valence-corrected chi connectivity index (χ1v) is 17.6. The normalized spacial score (nSPS) is 12.0. The molecule has 0 nitrogen and oxygen atoms in total. The van der Waals surface area contributed by atoms with Crippen LogP contribution in [0.2, 0.25) is 0 Å². The summed E-state index contributed by atoms with van der Waals surface area (Å²) in [6.45, 7) is 9.48. The largest absolute Gasteiger partial charge is 0.125 e. The minimum Gasteiger partial charge on any atom is -0.125 e. The number of hydrogen-bond donors (Lipinski definition) is 0. The maximum atomic E-state index is 2.39. The van der Waals surface area contributed by atoms with E-state index in [-0.39, 0.29) is 0 Å². The van der Waals surface area contributed by atoms with Crippen LogP contribution in [-0.4, -0.2) is 24.6 Å². The first-order chi connectivity index (χ1) is 15.2. The van der Waals surface area contributed by atoms with Crippen molar-refractivity contribution in [2.24, 2.45) is 0 Å². The number of unbranched alkanes of at least 4 members (excludes halogenated alkanes) is 18. The molecule has 0 spiro atoms. The van der Waals surface area contributed by atoms with Gasteiger partial charge < -0.3 is 0 Å². The van der Waals surface area contributed by atoms with Crippen LogP contribution in [0.25, 0.3) is 0 Å². The van der Waals surface area contributed by atoms with Gasteiger partial charge >= 0.3 is 0 Å². The molecule has 1 heteroatoms. The van der Waals surface area contributed by atoms with E-state index in [1.807, 2.05) is 0 Å². The van der Waals surface area contributed by atoms with Gasteiger partial charge in [-0.1, -0.05) is 143 Å². The second-order valence-electron chi connectivity index (χ2n) is 10.6. The van der Waals surface area contributed by atoms with Crippen LogP contribution in [0.5, 0.6) is 0 Å². The Bertz CT molecular complexity index is 303. The highest BCUT2D eigenvalue weighted by Crippen LogP contribution is 2.61. The van der Waals surface area contributed by atoms with E-state index in [1.165, 1.54) is 135 Å². The Labute approximate surface area is 200 Å². The summed E-state index contributed by atoms with van der Waals surface area (Å²) >= 11 is 0. The van der Waals surface area contributed by atoms with Crippen molar-refractivity contribution in [1.82, 2.24) is 0 Å². The fourth-order valence-corrected chi connectivity index (χ4v) is 10.3. The van der Waals surface area contributed by atoms with Crippen LogP contribution in [0.1, 0.15) is 169 Å². The predicted molar refractivity (Wildman–Crippen MR) is 151 cm³/mol. The van der Waals surface area contributed by atoms with Crippen LogP contribution in [0.4, 0.5) is 0 Å². The molecule has 0 aromatic carbocycles. The lowest BCUT2D eigenvalue weighted by molar-refractivity contribution is 0.531. The lowest BCUT2D eigenvalue weighted by Crippen LogP contribution is -2.13. The van der Waals surface area contributed by atoms with Gasteiger partial charge in [-0.05, 0) is 50.3 Å². The van der Waals surface area contributed by atoms with Crippen molar-refractivity contribution in [2.45, 2.75) is 169 Å². The topological polar surface area (TPSA) is 0 Å². The monoisotopic (exact) mass is 455 g/mol. The van der Waals surface area contributed by atoms with Gasteiger partial charge in [-0.25, -0.2) is 0 Å². The molecule has 0 heterocycles. The van der Waals surface area contributed by atoms with E-state index in [9.17, 15) is 0 Å². The zero-order chi connectivity index (χ0) is 22.9. The van der Waals surface area contributed by atoms with Crippen LogP contribution in [-0.2, 0) is 0 Å². The molecule has 0 aliphatic rings. The van der Waals surface area contributed by atoms with Gasteiger partial charge in [-0.3, -0.25) is 0 Å². The second kappa shape index (κ2) is 25.1. The smallest absolute Gasteiger partial charge is 0.0359 e. The molecule has 0 amide bonds. The quantitative estimate of drug-likeness (QED) is 0.0898. The lowest BCUT2D eigenvalue weighted by atomic mass is 10.0. The molecule has 1 radical (unpaired) electrons. The highest BCUT2D eigenvalue weighted by atomic mass is 31.2. The Morgan fingerprint density at radius 3 is 0.774 bits per heavy atom. The van der Waals surface area contributed by atoms with Gasteiger partial charge in [0, 0.05) is 0 Å². The highest BCUT2D eigenvalue weighted by Gasteiger charge is 2.24. The van der Waals surface area contributed by atoms with Crippen LogP contribution < -0.4 is 0 Å². The minimum absolute atomic E-state index is 0.634. The van der Waals surface area contributed by atoms with Crippen molar-refractivity contribution in [3.05, 3.63) is 0 Å². The standard InChI is InChI=1S/C30H64P/c1-5-9-13-14-15-16-17-18-19-20-21-22-23-24-25-26-30-31(27-10-6-2,28-11-7-3)29-12-8-4/h5-30H2,1-4H3. The zero-order valence-corrected chi connectivity index (χ0v) is 23.7. The van der Waals surface area contributed by atoms with Crippen molar-refractivity contribution in [1.29, 1.82) is 0 Å². The van der Waals surface area contributed by atoms with E-state index in [4.69, 9.17) is 0 Å². The van der Waals surface area contributed by atoms with Gasteiger partial charge in [0.05, 0.1) is 0 Å². The third-order valence-electron chi connectivity index (χ3n) is 7.44. The van der Waals surface area contributed by atoms with Gasteiger partial charge in [-0.15, -0.1) is 7.26 Å². The van der Waals surface area contributed by atoms with Crippen LogP contribution >= 0.6 is 7.26 Å². The summed E-state index contributed by atoms with van der Waals surface area (Å²) in [6, 6.07) is 0. The molecule has 0 aliphatic heterocycles. The fraction of sp³-hybridized carbons (Fsp3) is 1.00. The average Bonchev–Trinajstić information content (AvgIpc) is 2.79. The molecule has 189 valence electrons. The first kappa shape index (κ1) is 31.4. The molecule has 0 unspecified atom stereocenters. The van der Waals surface area contributed by atoms with Crippen molar-refractivity contribution >= 4 is 7.26 Å². The molecule has 31 heavy (non-hydrogen) atoms. The molecule has 0 aliphatic carbocycles. The Morgan fingerprint density at radius 1 is 0.258 bits per heavy atom. The summed E-state index contributed by atoms with van der Waals surface area (Å²) in [5.74, 6) is 0. The average molecular weight is 456 g/mol. The van der Waals surface area contributed by atoms with Gasteiger partial charge in [0.1, 0.15) is 0 Å². The first-order valence-electron chi connectivity index (χ1n) is 15.1.